The zero-order chi connectivity index (χ0) is 17.8. The molecule has 1 saturated heterocycles. The SMILES string of the molecule is Fc1ccc(-c2cnc(Nc3ccc(CC4CCCNC4)cn3)s2)cc1. The molecule has 1 aliphatic rings. The second kappa shape index (κ2) is 7.93. The Morgan fingerprint density at radius 1 is 1.12 bits per heavy atom. The highest BCUT2D eigenvalue weighted by Gasteiger charge is 2.13. The molecule has 26 heavy (non-hydrogen) atoms. The molecule has 4 rings (SSSR count). The van der Waals surface area contributed by atoms with Gasteiger partial charge in [0.2, 0.25) is 0 Å². The van der Waals surface area contributed by atoms with Gasteiger partial charge in [-0.1, -0.05) is 29.5 Å². The number of pyridine rings is 1. The minimum absolute atomic E-state index is 0.232. The second-order valence-electron chi connectivity index (χ2n) is 6.63. The van der Waals surface area contributed by atoms with Crippen LogP contribution in [0.25, 0.3) is 10.4 Å². The molecule has 0 spiro atoms. The monoisotopic (exact) mass is 368 g/mol. The van der Waals surface area contributed by atoms with Crippen molar-refractivity contribution in [2.45, 2.75) is 19.3 Å². The van der Waals surface area contributed by atoms with Crippen LogP contribution in [0.5, 0.6) is 0 Å². The van der Waals surface area contributed by atoms with Crippen molar-refractivity contribution in [1.29, 1.82) is 0 Å². The first-order valence-electron chi connectivity index (χ1n) is 8.91. The Balaban J connectivity index is 1.39. The van der Waals surface area contributed by atoms with Crippen molar-refractivity contribution in [2.24, 2.45) is 5.92 Å². The molecule has 1 unspecified atom stereocenters. The highest BCUT2D eigenvalue weighted by atomic mass is 32.1. The Kier molecular flexibility index (Phi) is 5.22. The number of thiazole rings is 1. The summed E-state index contributed by atoms with van der Waals surface area (Å²) in [6.45, 7) is 2.25. The zero-order valence-corrected chi connectivity index (χ0v) is 15.2. The lowest BCUT2D eigenvalue weighted by atomic mass is 9.93. The van der Waals surface area contributed by atoms with Gasteiger partial charge in [-0.05, 0) is 67.6 Å². The predicted molar refractivity (Wildman–Crippen MR) is 104 cm³/mol. The summed E-state index contributed by atoms with van der Waals surface area (Å²) in [5, 5.41) is 7.48. The van der Waals surface area contributed by atoms with Crippen molar-refractivity contribution < 1.29 is 4.39 Å². The van der Waals surface area contributed by atoms with Gasteiger partial charge in [0.05, 0.1) is 4.88 Å². The molecule has 1 aliphatic heterocycles. The molecule has 1 aromatic carbocycles. The number of hydrogen-bond acceptors (Lipinski definition) is 5. The van der Waals surface area contributed by atoms with Crippen LogP contribution in [0.4, 0.5) is 15.3 Å². The van der Waals surface area contributed by atoms with Gasteiger partial charge in [-0.25, -0.2) is 14.4 Å². The molecule has 0 saturated carbocycles. The van der Waals surface area contributed by atoms with E-state index in [-0.39, 0.29) is 5.82 Å². The van der Waals surface area contributed by atoms with Crippen LogP contribution < -0.4 is 10.6 Å². The largest absolute Gasteiger partial charge is 0.316 e. The van der Waals surface area contributed by atoms with E-state index < -0.39 is 0 Å². The summed E-state index contributed by atoms with van der Waals surface area (Å²) in [4.78, 5) is 9.90. The van der Waals surface area contributed by atoms with Gasteiger partial charge >= 0.3 is 0 Å². The fraction of sp³-hybridized carbons (Fsp3) is 0.300. The highest BCUT2D eigenvalue weighted by molar-refractivity contribution is 7.18. The van der Waals surface area contributed by atoms with Gasteiger partial charge in [-0.2, -0.15) is 0 Å². The summed E-state index contributed by atoms with van der Waals surface area (Å²) in [5.41, 5.74) is 2.23. The third-order valence-corrected chi connectivity index (χ3v) is 5.58. The van der Waals surface area contributed by atoms with Gasteiger partial charge in [0.15, 0.2) is 5.13 Å². The van der Waals surface area contributed by atoms with E-state index in [9.17, 15) is 4.39 Å². The van der Waals surface area contributed by atoms with E-state index in [1.54, 1.807) is 18.3 Å². The van der Waals surface area contributed by atoms with Gasteiger partial charge in [-0.3, -0.25) is 0 Å². The number of benzene rings is 1. The third kappa shape index (κ3) is 4.26. The van der Waals surface area contributed by atoms with E-state index in [2.05, 4.69) is 26.7 Å². The molecule has 0 bridgehead atoms. The maximum atomic E-state index is 13.0. The van der Waals surface area contributed by atoms with Crippen LogP contribution in [0.1, 0.15) is 18.4 Å². The summed E-state index contributed by atoms with van der Waals surface area (Å²) < 4.78 is 13.0. The minimum Gasteiger partial charge on any atom is -0.316 e. The van der Waals surface area contributed by atoms with Crippen LogP contribution in [0.3, 0.4) is 0 Å². The Labute approximate surface area is 156 Å². The van der Waals surface area contributed by atoms with E-state index in [4.69, 9.17) is 0 Å². The molecule has 0 radical (unpaired) electrons. The molecule has 4 nitrogen and oxygen atoms in total. The van der Waals surface area contributed by atoms with Gasteiger partial charge in [0.1, 0.15) is 11.6 Å². The van der Waals surface area contributed by atoms with Crippen molar-refractivity contribution in [3.63, 3.8) is 0 Å². The maximum Gasteiger partial charge on any atom is 0.188 e. The molecule has 0 amide bonds. The fourth-order valence-electron chi connectivity index (χ4n) is 3.24. The molecule has 3 heterocycles. The smallest absolute Gasteiger partial charge is 0.188 e. The van der Waals surface area contributed by atoms with Crippen LogP contribution >= 0.6 is 11.3 Å². The molecule has 1 fully saturated rings. The number of anilines is 2. The summed E-state index contributed by atoms with van der Waals surface area (Å²) in [6, 6.07) is 10.6. The number of nitrogens with zero attached hydrogens (tertiary/aromatic N) is 2. The first kappa shape index (κ1) is 17.1. The normalized spacial score (nSPS) is 17.2. The number of halogens is 1. The van der Waals surface area contributed by atoms with Gasteiger partial charge in [0, 0.05) is 12.4 Å². The van der Waals surface area contributed by atoms with E-state index in [1.807, 2.05) is 12.3 Å². The van der Waals surface area contributed by atoms with E-state index >= 15 is 0 Å². The van der Waals surface area contributed by atoms with E-state index in [0.717, 1.165) is 40.9 Å². The lowest BCUT2D eigenvalue weighted by molar-refractivity contribution is 0.376. The van der Waals surface area contributed by atoms with E-state index in [0.29, 0.717) is 5.92 Å². The second-order valence-corrected chi connectivity index (χ2v) is 7.66. The summed E-state index contributed by atoms with van der Waals surface area (Å²) in [6.07, 6.45) is 7.37. The van der Waals surface area contributed by atoms with Crippen LogP contribution in [-0.4, -0.2) is 23.1 Å². The standard InChI is InChI=1S/C20H21FN4S/c21-17-6-4-16(5-7-17)18-13-24-20(26-18)25-19-8-3-15(12-23-19)10-14-2-1-9-22-11-14/h3-8,12-14,22H,1-2,9-11H2,(H,23,24,25). The lowest BCUT2D eigenvalue weighted by Crippen LogP contribution is -2.30. The number of hydrogen-bond donors (Lipinski definition) is 2. The van der Waals surface area contributed by atoms with E-state index in [1.165, 1.54) is 41.9 Å². The number of piperidine rings is 1. The third-order valence-electron chi connectivity index (χ3n) is 4.62. The van der Waals surface area contributed by atoms with Crippen molar-refractivity contribution in [1.82, 2.24) is 15.3 Å². The Bertz CT molecular complexity index is 839. The number of aromatic nitrogens is 2. The van der Waals surface area contributed by atoms with Crippen molar-refractivity contribution in [3.05, 3.63) is 60.2 Å². The minimum atomic E-state index is -0.232. The molecule has 134 valence electrons. The zero-order valence-electron chi connectivity index (χ0n) is 14.4. The lowest BCUT2D eigenvalue weighted by Gasteiger charge is -2.22. The topological polar surface area (TPSA) is 49.8 Å². The number of rotatable bonds is 5. The first-order valence-corrected chi connectivity index (χ1v) is 9.72. The average molecular weight is 368 g/mol. The average Bonchev–Trinajstić information content (AvgIpc) is 3.13. The molecule has 1 atom stereocenters. The Morgan fingerprint density at radius 3 is 2.73 bits per heavy atom. The van der Waals surface area contributed by atoms with Crippen LogP contribution in [0.2, 0.25) is 0 Å². The van der Waals surface area contributed by atoms with Crippen molar-refractivity contribution >= 4 is 22.3 Å². The molecule has 0 aliphatic carbocycles. The molecule has 6 heteroatoms. The summed E-state index contributed by atoms with van der Waals surface area (Å²) in [7, 11) is 0. The molecule has 3 aromatic rings. The Hall–Kier alpha value is -2.31. The predicted octanol–water partition coefficient (Wildman–Crippen LogP) is 4.63. The summed E-state index contributed by atoms with van der Waals surface area (Å²) in [5.74, 6) is 1.27. The molecular weight excluding hydrogens is 347 g/mol. The first-order chi connectivity index (χ1) is 12.8. The molecule has 2 aromatic heterocycles. The molecule has 2 N–H and O–H groups in total. The fourth-order valence-corrected chi connectivity index (χ4v) is 4.07. The van der Waals surface area contributed by atoms with Crippen molar-refractivity contribution in [3.8, 4) is 10.4 Å². The maximum absolute atomic E-state index is 13.0. The quantitative estimate of drug-likeness (QED) is 0.689. The summed E-state index contributed by atoms with van der Waals surface area (Å²) >= 11 is 1.53. The van der Waals surface area contributed by atoms with Crippen LogP contribution in [-0.2, 0) is 6.42 Å². The van der Waals surface area contributed by atoms with Gasteiger partial charge in [-0.15, -0.1) is 0 Å². The van der Waals surface area contributed by atoms with Crippen LogP contribution in [0.15, 0.2) is 48.8 Å². The molecular formula is C20H21FN4S. The van der Waals surface area contributed by atoms with Gasteiger partial charge < -0.3 is 10.6 Å². The highest BCUT2D eigenvalue weighted by Crippen LogP contribution is 2.30. The Morgan fingerprint density at radius 2 is 2.00 bits per heavy atom. The van der Waals surface area contributed by atoms with Crippen LogP contribution in [0, 0.1) is 11.7 Å². The van der Waals surface area contributed by atoms with Crippen molar-refractivity contribution in [2.75, 3.05) is 18.4 Å². The van der Waals surface area contributed by atoms with Gasteiger partial charge in [0.25, 0.3) is 0 Å². The number of nitrogens with one attached hydrogen (secondary N) is 2.